The van der Waals surface area contributed by atoms with Crippen LogP contribution in [0.5, 0.6) is 5.75 Å². The van der Waals surface area contributed by atoms with Gasteiger partial charge < -0.3 is 25.6 Å². The Morgan fingerprint density at radius 1 is 1.19 bits per heavy atom. The SMILES string of the molecule is COc1ccc2c(c1)/C(=N\OC1CCC(NB(C)O)CC1)C(C)(C)c1c(N)ncnc1-2. The number of ether oxygens (including phenoxy) is 1. The lowest BCUT2D eigenvalue weighted by Gasteiger charge is -2.35. The maximum absolute atomic E-state index is 9.55. The first-order chi connectivity index (χ1) is 14.8. The Labute approximate surface area is 183 Å². The number of nitrogen functional groups attached to an aromatic ring is 1. The number of benzene rings is 1. The van der Waals surface area contributed by atoms with Gasteiger partial charge in [-0.05, 0) is 70.6 Å². The van der Waals surface area contributed by atoms with Gasteiger partial charge in [-0.2, -0.15) is 0 Å². The molecule has 0 spiro atoms. The Kier molecular flexibility index (Phi) is 5.90. The summed E-state index contributed by atoms with van der Waals surface area (Å²) >= 11 is 0. The Balaban J connectivity index is 1.67. The molecular formula is C22H30BN5O3. The highest BCUT2D eigenvalue weighted by Gasteiger charge is 2.41. The summed E-state index contributed by atoms with van der Waals surface area (Å²) in [5.41, 5.74) is 10.1. The number of hydrogen-bond acceptors (Lipinski definition) is 8. The molecule has 31 heavy (non-hydrogen) atoms. The third kappa shape index (κ3) is 4.12. The first-order valence-electron chi connectivity index (χ1n) is 10.8. The highest BCUT2D eigenvalue weighted by molar-refractivity contribution is 6.45. The van der Waals surface area contributed by atoms with Gasteiger partial charge in [-0.1, -0.05) is 5.16 Å². The van der Waals surface area contributed by atoms with Crippen LogP contribution in [0.15, 0.2) is 29.7 Å². The third-order valence-electron chi connectivity index (χ3n) is 6.27. The van der Waals surface area contributed by atoms with Crippen LogP contribution in [0.2, 0.25) is 6.82 Å². The van der Waals surface area contributed by atoms with Gasteiger partial charge in [-0.25, -0.2) is 9.97 Å². The van der Waals surface area contributed by atoms with E-state index in [2.05, 4.69) is 34.2 Å². The lowest BCUT2D eigenvalue weighted by atomic mass is 9.70. The molecule has 8 nitrogen and oxygen atoms in total. The van der Waals surface area contributed by atoms with Crippen molar-refractivity contribution in [2.45, 2.75) is 63.9 Å². The number of nitrogens with zero attached hydrogens (tertiary/aromatic N) is 3. The molecule has 1 aromatic heterocycles. The van der Waals surface area contributed by atoms with Gasteiger partial charge in [-0.3, -0.25) is 0 Å². The van der Waals surface area contributed by atoms with E-state index in [0.717, 1.165) is 59.5 Å². The maximum atomic E-state index is 9.55. The number of rotatable bonds is 5. The van der Waals surface area contributed by atoms with Crippen LogP contribution in [0.25, 0.3) is 11.3 Å². The van der Waals surface area contributed by atoms with Gasteiger partial charge in [0.15, 0.2) is 0 Å². The van der Waals surface area contributed by atoms with Crippen LogP contribution < -0.4 is 15.7 Å². The number of fused-ring (bicyclic) bond motifs is 3. The van der Waals surface area contributed by atoms with Gasteiger partial charge in [0.2, 0.25) is 0 Å². The Hall–Kier alpha value is -2.65. The van der Waals surface area contributed by atoms with Crippen molar-refractivity contribution < 1.29 is 14.6 Å². The van der Waals surface area contributed by atoms with Crippen molar-refractivity contribution in [3.8, 4) is 17.0 Å². The Bertz CT molecular complexity index is 987. The van der Waals surface area contributed by atoms with Gasteiger partial charge in [0.1, 0.15) is 24.0 Å². The van der Waals surface area contributed by atoms with Crippen LogP contribution in [0.3, 0.4) is 0 Å². The molecule has 0 bridgehead atoms. The summed E-state index contributed by atoms with van der Waals surface area (Å²) < 4.78 is 5.47. The van der Waals surface area contributed by atoms with Crippen LogP contribution in [0.4, 0.5) is 5.82 Å². The highest BCUT2D eigenvalue weighted by Crippen LogP contribution is 2.45. The van der Waals surface area contributed by atoms with E-state index < -0.39 is 12.5 Å². The number of oxime groups is 1. The second-order valence-corrected chi connectivity index (χ2v) is 8.88. The summed E-state index contributed by atoms with van der Waals surface area (Å²) in [5.74, 6) is 1.20. The topological polar surface area (TPSA) is 115 Å². The first-order valence-corrected chi connectivity index (χ1v) is 10.8. The molecule has 0 unspecified atom stereocenters. The fourth-order valence-corrected chi connectivity index (χ4v) is 4.69. The molecule has 0 saturated heterocycles. The van der Waals surface area contributed by atoms with Crippen molar-refractivity contribution in [3.63, 3.8) is 0 Å². The molecule has 1 aromatic carbocycles. The zero-order valence-corrected chi connectivity index (χ0v) is 18.6. The normalized spacial score (nSPS) is 23.1. The molecule has 0 aliphatic heterocycles. The number of nitrogens with one attached hydrogen (secondary N) is 1. The average Bonchev–Trinajstić information content (AvgIpc) is 2.73. The number of aromatic nitrogens is 2. The molecule has 2 aliphatic rings. The Morgan fingerprint density at radius 3 is 2.61 bits per heavy atom. The van der Waals surface area contributed by atoms with Gasteiger partial charge in [0.05, 0.1) is 18.5 Å². The second-order valence-electron chi connectivity index (χ2n) is 8.88. The van der Waals surface area contributed by atoms with E-state index in [1.807, 2.05) is 18.2 Å². The molecule has 1 fully saturated rings. The quantitative estimate of drug-likeness (QED) is 0.500. The zero-order valence-electron chi connectivity index (χ0n) is 18.6. The molecule has 0 amide bonds. The van der Waals surface area contributed by atoms with Crippen molar-refractivity contribution in [1.82, 2.24) is 15.2 Å². The van der Waals surface area contributed by atoms with E-state index in [1.54, 1.807) is 13.9 Å². The molecule has 164 valence electrons. The van der Waals surface area contributed by atoms with E-state index in [0.29, 0.717) is 11.9 Å². The summed E-state index contributed by atoms with van der Waals surface area (Å²) in [7, 11) is 1.15. The minimum absolute atomic E-state index is 0.0372. The van der Waals surface area contributed by atoms with E-state index in [9.17, 15) is 5.02 Å². The third-order valence-corrected chi connectivity index (χ3v) is 6.27. The molecule has 2 aliphatic carbocycles. The Morgan fingerprint density at radius 2 is 1.94 bits per heavy atom. The lowest BCUT2D eigenvalue weighted by Crippen LogP contribution is -2.43. The van der Waals surface area contributed by atoms with Crippen LogP contribution >= 0.6 is 0 Å². The molecule has 0 atom stereocenters. The van der Waals surface area contributed by atoms with Crippen LogP contribution in [-0.4, -0.2) is 47.0 Å². The van der Waals surface area contributed by atoms with E-state index in [4.69, 9.17) is 15.3 Å². The monoisotopic (exact) mass is 423 g/mol. The van der Waals surface area contributed by atoms with Crippen molar-refractivity contribution in [2.24, 2.45) is 5.16 Å². The highest BCUT2D eigenvalue weighted by atomic mass is 16.6. The number of anilines is 1. The molecule has 1 heterocycles. The summed E-state index contributed by atoms with van der Waals surface area (Å²) in [6.45, 7) is 5.89. The molecule has 1 saturated carbocycles. The summed E-state index contributed by atoms with van der Waals surface area (Å²) in [6.07, 6.45) is 5.19. The fraction of sp³-hybridized carbons (Fsp3) is 0.500. The predicted molar refractivity (Wildman–Crippen MR) is 122 cm³/mol. The fourth-order valence-electron chi connectivity index (χ4n) is 4.69. The van der Waals surface area contributed by atoms with Crippen LogP contribution in [0.1, 0.15) is 50.7 Å². The van der Waals surface area contributed by atoms with Gasteiger partial charge in [0.25, 0.3) is 0 Å². The largest absolute Gasteiger partial charge is 0.497 e. The number of methoxy groups -OCH3 is 1. The van der Waals surface area contributed by atoms with E-state index in [-0.39, 0.29) is 6.10 Å². The molecule has 4 N–H and O–H groups in total. The van der Waals surface area contributed by atoms with Crippen LogP contribution in [-0.2, 0) is 10.3 Å². The van der Waals surface area contributed by atoms with E-state index >= 15 is 0 Å². The smallest absolute Gasteiger partial charge is 0.373 e. The van der Waals surface area contributed by atoms with Crippen LogP contribution in [0, 0.1) is 0 Å². The number of hydrogen-bond donors (Lipinski definition) is 3. The molecule has 4 rings (SSSR count). The van der Waals surface area contributed by atoms with Crippen molar-refractivity contribution in [3.05, 3.63) is 35.7 Å². The lowest BCUT2D eigenvalue weighted by molar-refractivity contribution is 0.0271. The van der Waals surface area contributed by atoms with Crippen molar-refractivity contribution in [1.29, 1.82) is 0 Å². The zero-order chi connectivity index (χ0) is 22.2. The standard InChI is InChI=1S/C22H30BN5O3/c1-22(2)18-19(25-12-26-21(18)24)16-10-9-15(30-4)11-17(16)20(22)28-31-14-7-5-13(6-8-14)27-23(3)29/h9-14,27,29H,5-8H2,1-4H3,(H2,24,25,26)/b28-20+. The van der Waals surface area contributed by atoms with Gasteiger partial charge in [0, 0.05) is 22.1 Å². The molecule has 2 aromatic rings. The van der Waals surface area contributed by atoms with Gasteiger partial charge in [-0.15, -0.1) is 0 Å². The second kappa shape index (κ2) is 8.47. The minimum Gasteiger partial charge on any atom is -0.497 e. The van der Waals surface area contributed by atoms with Crippen molar-refractivity contribution in [2.75, 3.05) is 12.8 Å². The molecule has 0 radical (unpaired) electrons. The van der Waals surface area contributed by atoms with Crippen molar-refractivity contribution >= 4 is 18.6 Å². The summed E-state index contributed by atoms with van der Waals surface area (Å²) in [6, 6.07) is 6.18. The molecular weight excluding hydrogens is 393 g/mol. The van der Waals surface area contributed by atoms with E-state index in [1.165, 1.54) is 6.33 Å². The first kappa shape index (κ1) is 21.6. The minimum atomic E-state index is -0.537. The predicted octanol–water partition coefficient (Wildman–Crippen LogP) is 2.76. The number of nitrogens with two attached hydrogens (primary N) is 1. The average molecular weight is 423 g/mol. The summed E-state index contributed by atoms with van der Waals surface area (Å²) in [5, 5.41) is 17.4. The maximum Gasteiger partial charge on any atom is 0.373 e. The van der Waals surface area contributed by atoms with Gasteiger partial charge >= 0.3 is 7.05 Å². The molecule has 9 heteroatoms. The summed E-state index contributed by atoms with van der Waals surface area (Å²) in [4.78, 5) is 14.8.